The topological polar surface area (TPSA) is 126 Å². The van der Waals surface area contributed by atoms with Gasteiger partial charge in [0.05, 0.1) is 23.9 Å². The quantitative estimate of drug-likeness (QED) is 0.129. The smallest absolute Gasteiger partial charge is 0.243 e. The fourth-order valence-electron chi connectivity index (χ4n) is 6.89. The number of benzene rings is 3. The van der Waals surface area contributed by atoms with Crippen molar-refractivity contribution < 1.29 is 23.0 Å². The number of amides is 2. The van der Waals surface area contributed by atoms with Gasteiger partial charge < -0.3 is 15.0 Å². The Morgan fingerprint density at radius 1 is 1.00 bits per heavy atom. The molecule has 1 atom stereocenters. The number of carbonyl (C=O) groups is 2. The van der Waals surface area contributed by atoms with Crippen LogP contribution in [0.25, 0.3) is 33.5 Å². The Balaban J connectivity index is 0.938. The molecule has 7 rings (SSSR count). The molecular formula is C37H36Cl2FN7O4S. The van der Waals surface area contributed by atoms with E-state index >= 15 is 0 Å². The van der Waals surface area contributed by atoms with Gasteiger partial charge in [-0.3, -0.25) is 23.9 Å². The van der Waals surface area contributed by atoms with Gasteiger partial charge >= 0.3 is 0 Å². The molecule has 0 bridgehead atoms. The predicted octanol–water partition coefficient (Wildman–Crippen LogP) is 7.05. The predicted molar refractivity (Wildman–Crippen MR) is 201 cm³/mol. The van der Waals surface area contributed by atoms with Crippen LogP contribution in [0.3, 0.4) is 0 Å². The van der Waals surface area contributed by atoms with Crippen LogP contribution in [0.4, 0.5) is 10.1 Å². The van der Waals surface area contributed by atoms with Crippen molar-refractivity contribution in [2.24, 2.45) is 0 Å². The maximum atomic E-state index is 14.8. The first-order valence-corrected chi connectivity index (χ1v) is 18.9. The summed E-state index contributed by atoms with van der Waals surface area (Å²) in [5.74, 6) is 0.420. The highest BCUT2D eigenvalue weighted by atomic mass is 35.7. The van der Waals surface area contributed by atoms with Crippen molar-refractivity contribution in [1.29, 1.82) is 0 Å². The van der Waals surface area contributed by atoms with Gasteiger partial charge in [0.2, 0.25) is 11.8 Å². The summed E-state index contributed by atoms with van der Waals surface area (Å²) in [6.45, 7) is 2.73. The van der Waals surface area contributed by atoms with Crippen LogP contribution in [0.15, 0.2) is 79.1 Å². The van der Waals surface area contributed by atoms with Crippen molar-refractivity contribution in [3.05, 3.63) is 90.5 Å². The zero-order valence-corrected chi connectivity index (χ0v) is 30.4. The SMILES string of the molecule is O=C(CN1CC[C@@](SCl)(C(=O)Nc2ccc3[nH]nc(-c4ccc(OCCOCl)c(F)c4)c3c2)C1)N1CCC(c2ccc(-c3ncccn3)cc2)CC1. The van der Waals surface area contributed by atoms with E-state index in [0.717, 1.165) is 34.9 Å². The third kappa shape index (κ3) is 7.88. The lowest BCUT2D eigenvalue weighted by Crippen LogP contribution is -2.46. The van der Waals surface area contributed by atoms with Gasteiger partial charge in [0.15, 0.2) is 17.4 Å². The molecule has 5 aromatic rings. The highest BCUT2D eigenvalue weighted by Crippen LogP contribution is 2.40. The van der Waals surface area contributed by atoms with E-state index in [1.807, 2.05) is 9.80 Å². The number of aromatic nitrogens is 4. The van der Waals surface area contributed by atoms with Crippen LogP contribution in [0, 0.1) is 5.82 Å². The number of rotatable bonds is 12. The molecule has 4 heterocycles. The summed E-state index contributed by atoms with van der Waals surface area (Å²) < 4.78 is 23.7. The van der Waals surface area contributed by atoms with Gasteiger partial charge in [-0.15, -0.1) is 0 Å². The Morgan fingerprint density at radius 3 is 2.50 bits per heavy atom. The van der Waals surface area contributed by atoms with E-state index in [-0.39, 0.29) is 37.3 Å². The van der Waals surface area contributed by atoms with Gasteiger partial charge in [0, 0.05) is 60.8 Å². The summed E-state index contributed by atoms with van der Waals surface area (Å²) in [5.41, 5.74) is 4.57. The van der Waals surface area contributed by atoms with Crippen LogP contribution >= 0.6 is 33.5 Å². The molecule has 15 heteroatoms. The number of piperidine rings is 1. The fraction of sp³-hybridized carbons (Fsp3) is 0.324. The summed E-state index contributed by atoms with van der Waals surface area (Å²) >= 11 is 5.20. The van der Waals surface area contributed by atoms with Crippen molar-refractivity contribution in [1.82, 2.24) is 30.0 Å². The maximum Gasteiger partial charge on any atom is 0.243 e. The Morgan fingerprint density at radius 2 is 1.77 bits per heavy atom. The van der Waals surface area contributed by atoms with Gasteiger partial charge in [0.1, 0.15) is 23.7 Å². The summed E-state index contributed by atoms with van der Waals surface area (Å²) in [6, 6.07) is 20.1. The van der Waals surface area contributed by atoms with Gasteiger partial charge in [-0.2, -0.15) is 5.10 Å². The first-order valence-electron chi connectivity index (χ1n) is 17.0. The first-order chi connectivity index (χ1) is 25.4. The Kier molecular flexibility index (Phi) is 11.2. The van der Waals surface area contributed by atoms with E-state index in [1.54, 1.807) is 42.7 Å². The number of fused-ring (bicyclic) bond motifs is 1. The molecule has 3 aromatic carbocycles. The van der Waals surface area contributed by atoms with Gasteiger partial charge in [-0.1, -0.05) is 24.3 Å². The fourth-order valence-corrected chi connectivity index (χ4v) is 8.06. The monoisotopic (exact) mass is 763 g/mol. The van der Waals surface area contributed by atoms with Crippen molar-refractivity contribution >= 4 is 61.9 Å². The van der Waals surface area contributed by atoms with Crippen molar-refractivity contribution in [3.63, 3.8) is 0 Å². The number of hydrogen-bond acceptors (Lipinski definition) is 9. The van der Waals surface area contributed by atoms with Gasteiger partial charge in [0.25, 0.3) is 0 Å². The number of carbonyl (C=O) groups excluding carboxylic acids is 2. The minimum Gasteiger partial charge on any atom is -0.488 e. The minimum absolute atomic E-state index is 0.0593. The van der Waals surface area contributed by atoms with Crippen molar-refractivity contribution in [2.75, 3.05) is 51.3 Å². The molecule has 2 fully saturated rings. The van der Waals surface area contributed by atoms with Gasteiger partial charge in [-0.25, -0.2) is 14.4 Å². The lowest BCUT2D eigenvalue weighted by atomic mass is 9.89. The first kappa shape index (κ1) is 36.1. The molecule has 2 aromatic heterocycles. The summed E-state index contributed by atoms with van der Waals surface area (Å²) in [5, 5.41) is 11.1. The van der Waals surface area contributed by atoms with Crippen molar-refractivity contribution in [3.8, 4) is 28.4 Å². The summed E-state index contributed by atoms with van der Waals surface area (Å²) in [4.78, 5) is 39.7. The zero-order chi connectivity index (χ0) is 36.1. The molecule has 2 saturated heterocycles. The van der Waals surface area contributed by atoms with Crippen LogP contribution in [0.5, 0.6) is 5.75 Å². The molecular weight excluding hydrogens is 728 g/mol. The molecule has 0 saturated carbocycles. The summed E-state index contributed by atoms with van der Waals surface area (Å²) in [7, 11) is 7.38. The number of ether oxygens (including phenoxy) is 1. The maximum absolute atomic E-state index is 14.8. The molecule has 2 aliphatic heterocycles. The third-order valence-corrected chi connectivity index (χ3v) is 11.6. The highest BCUT2D eigenvalue weighted by Gasteiger charge is 2.46. The van der Waals surface area contributed by atoms with Gasteiger partial charge in [-0.05, 0) is 94.9 Å². The van der Waals surface area contributed by atoms with E-state index in [9.17, 15) is 14.0 Å². The average molecular weight is 765 g/mol. The van der Waals surface area contributed by atoms with Crippen LogP contribution in [-0.2, 0) is 13.9 Å². The Hall–Kier alpha value is -4.27. The van der Waals surface area contributed by atoms with E-state index in [4.69, 9.17) is 27.3 Å². The number of anilines is 1. The molecule has 270 valence electrons. The van der Waals surface area contributed by atoms with Crippen molar-refractivity contribution in [2.45, 2.75) is 29.9 Å². The number of hydrogen-bond donors (Lipinski definition) is 2. The number of likely N-dealkylation sites (tertiary alicyclic amines) is 2. The highest BCUT2D eigenvalue weighted by molar-refractivity contribution is 8.22. The second-order valence-corrected chi connectivity index (χ2v) is 14.6. The lowest BCUT2D eigenvalue weighted by Gasteiger charge is -2.33. The van der Waals surface area contributed by atoms with E-state index in [2.05, 4.69) is 54.0 Å². The molecule has 2 amide bonds. The largest absolute Gasteiger partial charge is 0.488 e. The Bertz CT molecular complexity index is 2030. The van der Waals surface area contributed by atoms with E-state index in [0.29, 0.717) is 66.7 Å². The molecule has 0 aliphatic carbocycles. The molecule has 2 aliphatic rings. The number of aromatic amines is 1. The second-order valence-electron chi connectivity index (χ2n) is 13.0. The molecule has 0 spiro atoms. The van der Waals surface area contributed by atoms with Crippen LogP contribution in [0.2, 0.25) is 0 Å². The average Bonchev–Trinajstić information content (AvgIpc) is 3.81. The van der Waals surface area contributed by atoms with Crippen LogP contribution < -0.4 is 10.1 Å². The molecule has 0 radical (unpaired) electrons. The third-order valence-electron chi connectivity index (χ3n) is 9.73. The number of halogens is 3. The zero-order valence-electron chi connectivity index (χ0n) is 28.1. The molecule has 2 N–H and O–H groups in total. The number of nitrogens with one attached hydrogen (secondary N) is 2. The normalized spacial score (nSPS) is 18.2. The van der Waals surface area contributed by atoms with E-state index < -0.39 is 10.6 Å². The summed E-state index contributed by atoms with van der Waals surface area (Å²) in [6.07, 6.45) is 5.75. The van der Waals surface area contributed by atoms with Crippen LogP contribution in [-0.4, -0.2) is 92.5 Å². The molecule has 0 unspecified atom stereocenters. The minimum atomic E-state index is -0.937. The lowest BCUT2D eigenvalue weighted by molar-refractivity contribution is -0.133. The number of H-pyrrole nitrogens is 1. The van der Waals surface area contributed by atoms with E-state index in [1.165, 1.54) is 17.7 Å². The Labute approximate surface area is 313 Å². The standard InChI is InChI=1S/C37H36Cl2FN7O4S/c38-51-19-18-50-32-9-6-27(20-30(32)40)34-29-21-28(7-8-31(29)44-45-34)43-36(49)37(52-39)12-17-46(23-37)22-33(48)47-15-10-25(11-16-47)24-2-4-26(5-3-24)35-41-13-1-14-42-35/h1-9,13-14,20-21,25H,10-12,15-19,22-23H2,(H,43,49)(H,44,45)/t37-/m0/s1. The van der Waals surface area contributed by atoms with Crippen LogP contribution in [0.1, 0.15) is 30.7 Å². The molecule has 11 nitrogen and oxygen atoms in total. The second kappa shape index (κ2) is 16.2. The number of nitrogens with zero attached hydrogens (tertiary/aromatic N) is 5. The molecule has 52 heavy (non-hydrogen) atoms.